The van der Waals surface area contributed by atoms with Crippen molar-refractivity contribution in [2.45, 2.75) is 25.8 Å². The van der Waals surface area contributed by atoms with E-state index in [-0.39, 0.29) is 12.0 Å². The van der Waals surface area contributed by atoms with Crippen LogP contribution in [-0.2, 0) is 0 Å². The average molecular weight is 167 g/mol. The van der Waals surface area contributed by atoms with Crippen LogP contribution in [-0.4, -0.2) is 10.1 Å². The lowest BCUT2D eigenvalue weighted by molar-refractivity contribution is 0.356. The molecule has 1 aromatic rings. The summed E-state index contributed by atoms with van der Waals surface area (Å²) >= 11 is 0. The molecule has 0 amide bonds. The van der Waals surface area contributed by atoms with E-state index in [4.69, 9.17) is 10.3 Å². The predicted octanol–water partition coefficient (Wildman–Crippen LogP) is 1.38. The Hall–Kier alpha value is -1.16. The third-order valence-electron chi connectivity index (χ3n) is 1.61. The van der Waals surface area contributed by atoms with E-state index in [1.54, 1.807) is 13.0 Å². The molecule has 4 heteroatoms. The molecule has 0 radical (unpaired) electrons. The molecule has 0 aliphatic carbocycles. The SMILES string of the molecule is C=CC(C)c1noc(C(C)N)n1. The van der Waals surface area contributed by atoms with Crippen molar-refractivity contribution in [3.05, 3.63) is 24.4 Å². The molecule has 2 atom stereocenters. The lowest BCUT2D eigenvalue weighted by Gasteiger charge is -1.95. The lowest BCUT2D eigenvalue weighted by atomic mass is 10.2. The van der Waals surface area contributed by atoms with Gasteiger partial charge in [0.2, 0.25) is 5.89 Å². The number of hydrogen-bond donors (Lipinski definition) is 1. The fraction of sp³-hybridized carbons (Fsp3) is 0.500. The van der Waals surface area contributed by atoms with Gasteiger partial charge in [-0.15, -0.1) is 6.58 Å². The van der Waals surface area contributed by atoms with Gasteiger partial charge in [-0.1, -0.05) is 18.2 Å². The van der Waals surface area contributed by atoms with Crippen LogP contribution in [0.25, 0.3) is 0 Å². The van der Waals surface area contributed by atoms with Gasteiger partial charge in [-0.3, -0.25) is 0 Å². The second kappa shape index (κ2) is 3.49. The largest absolute Gasteiger partial charge is 0.338 e. The molecule has 1 heterocycles. The third-order valence-corrected chi connectivity index (χ3v) is 1.61. The zero-order valence-corrected chi connectivity index (χ0v) is 7.32. The van der Waals surface area contributed by atoms with E-state index in [1.165, 1.54) is 0 Å². The molecule has 12 heavy (non-hydrogen) atoms. The first-order valence-electron chi connectivity index (χ1n) is 3.86. The highest BCUT2D eigenvalue weighted by Crippen LogP contribution is 2.14. The fourth-order valence-electron chi connectivity index (χ4n) is 0.723. The highest BCUT2D eigenvalue weighted by Gasteiger charge is 2.12. The van der Waals surface area contributed by atoms with E-state index in [0.29, 0.717) is 11.7 Å². The summed E-state index contributed by atoms with van der Waals surface area (Å²) in [6.45, 7) is 7.39. The topological polar surface area (TPSA) is 64.9 Å². The maximum atomic E-state index is 5.55. The molecule has 0 aromatic carbocycles. The average Bonchev–Trinajstić information content (AvgIpc) is 2.51. The maximum absolute atomic E-state index is 5.55. The summed E-state index contributed by atoms with van der Waals surface area (Å²) in [5.41, 5.74) is 5.55. The Balaban J connectivity index is 2.83. The van der Waals surface area contributed by atoms with Crippen LogP contribution in [0.4, 0.5) is 0 Å². The number of nitrogens with zero attached hydrogens (tertiary/aromatic N) is 2. The van der Waals surface area contributed by atoms with Crippen LogP contribution in [0.1, 0.15) is 37.5 Å². The minimum absolute atomic E-state index is 0.112. The summed E-state index contributed by atoms with van der Waals surface area (Å²) in [6.07, 6.45) is 1.76. The molecule has 0 aliphatic heterocycles. The van der Waals surface area contributed by atoms with Crippen molar-refractivity contribution in [2.75, 3.05) is 0 Å². The highest BCUT2D eigenvalue weighted by molar-refractivity contribution is 5.02. The maximum Gasteiger partial charge on any atom is 0.243 e. The van der Waals surface area contributed by atoms with E-state index in [0.717, 1.165) is 0 Å². The van der Waals surface area contributed by atoms with Gasteiger partial charge in [0.15, 0.2) is 5.82 Å². The van der Waals surface area contributed by atoms with Crippen molar-refractivity contribution in [1.82, 2.24) is 10.1 Å². The summed E-state index contributed by atoms with van der Waals surface area (Å²) in [4.78, 5) is 4.11. The second-order valence-corrected chi connectivity index (χ2v) is 2.80. The number of aromatic nitrogens is 2. The molecule has 2 N–H and O–H groups in total. The fourth-order valence-corrected chi connectivity index (χ4v) is 0.723. The van der Waals surface area contributed by atoms with Crippen LogP contribution in [0.3, 0.4) is 0 Å². The van der Waals surface area contributed by atoms with Crippen LogP contribution in [0, 0.1) is 0 Å². The summed E-state index contributed by atoms with van der Waals surface area (Å²) < 4.78 is 4.92. The zero-order valence-electron chi connectivity index (χ0n) is 7.32. The molecule has 66 valence electrons. The molecule has 0 saturated carbocycles. The lowest BCUT2D eigenvalue weighted by Crippen LogP contribution is -2.05. The van der Waals surface area contributed by atoms with Crippen molar-refractivity contribution in [3.63, 3.8) is 0 Å². The summed E-state index contributed by atoms with van der Waals surface area (Å²) in [5.74, 6) is 1.22. The van der Waals surface area contributed by atoms with Crippen LogP contribution < -0.4 is 5.73 Å². The van der Waals surface area contributed by atoms with Crippen LogP contribution in [0.2, 0.25) is 0 Å². The highest BCUT2D eigenvalue weighted by atomic mass is 16.5. The summed E-state index contributed by atoms with van der Waals surface area (Å²) in [7, 11) is 0. The smallest absolute Gasteiger partial charge is 0.243 e. The summed E-state index contributed by atoms with van der Waals surface area (Å²) in [5, 5.41) is 3.77. The van der Waals surface area contributed by atoms with Gasteiger partial charge in [0.25, 0.3) is 0 Å². The van der Waals surface area contributed by atoms with Crippen molar-refractivity contribution < 1.29 is 4.52 Å². The Morgan fingerprint density at radius 3 is 2.67 bits per heavy atom. The Bertz CT molecular complexity index is 267. The predicted molar refractivity (Wildman–Crippen MR) is 45.5 cm³/mol. The van der Waals surface area contributed by atoms with Crippen LogP contribution in [0.5, 0.6) is 0 Å². The minimum atomic E-state index is -0.205. The molecule has 1 rings (SSSR count). The van der Waals surface area contributed by atoms with Crippen LogP contribution >= 0.6 is 0 Å². The molecule has 0 saturated heterocycles. The quantitative estimate of drug-likeness (QED) is 0.690. The van der Waals surface area contributed by atoms with Gasteiger partial charge in [0, 0.05) is 5.92 Å². The molecule has 0 fully saturated rings. The van der Waals surface area contributed by atoms with Crippen molar-refractivity contribution in [3.8, 4) is 0 Å². The molecule has 1 aromatic heterocycles. The molecule has 2 unspecified atom stereocenters. The number of nitrogens with two attached hydrogens (primary N) is 1. The zero-order chi connectivity index (χ0) is 9.14. The van der Waals surface area contributed by atoms with Gasteiger partial charge in [-0.2, -0.15) is 4.98 Å². The van der Waals surface area contributed by atoms with Gasteiger partial charge in [-0.25, -0.2) is 0 Å². The standard InChI is InChI=1S/C8H13N3O/c1-4-5(2)7-10-8(6(3)9)12-11-7/h4-6H,1,9H2,2-3H3. The number of allylic oxidation sites excluding steroid dienone is 1. The Kier molecular flexibility index (Phi) is 2.60. The summed E-state index contributed by atoms with van der Waals surface area (Å²) in [6, 6.07) is -0.205. The van der Waals surface area contributed by atoms with Gasteiger partial charge in [0.05, 0.1) is 6.04 Å². The van der Waals surface area contributed by atoms with Crippen molar-refractivity contribution in [2.24, 2.45) is 5.73 Å². The first-order valence-corrected chi connectivity index (χ1v) is 3.86. The van der Waals surface area contributed by atoms with Crippen molar-refractivity contribution >= 4 is 0 Å². The van der Waals surface area contributed by atoms with Gasteiger partial charge in [0.1, 0.15) is 0 Å². The normalized spacial score (nSPS) is 15.6. The molecular weight excluding hydrogens is 154 g/mol. The molecule has 0 aliphatic rings. The number of hydrogen-bond acceptors (Lipinski definition) is 4. The van der Waals surface area contributed by atoms with E-state index in [1.807, 2.05) is 6.92 Å². The van der Waals surface area contributed by atoms with E-state index < -0.39 is 0 Å². The van der Waals surface area contributed by atoms with E-state index in [2.05, 4.69) is 16.7 Å². The monoisotopic (exact) mass is 167 g/mol. The Morgan fingerprint density at radius 2 is 2.25 bits per heavy atom. The third kappa shape index (κ3) is 1.71. The van der Waals surface area contributed by atoms with Gasteiger partial charge in [-0.05, 0) is 6.92 Å². The van der Waals surface area contributed by atoms with Gasteiger partial charge < -0.3 is 10.3 Å². The second-order valence-electron chi connectivity index (χ2n) is 2.80. The Labute approximate surface area is 71.5 Å². The first kappa shape index (κ1) is 8.93. The van der Waals surface area contributed by atoms with Gasteiger partial charge >= 0.3 is 0 Å². The minimum Gasteiger partial charge on any atom is -0.338 e. The van der Waals surface area contributed by atoms with Crippen LogP contribution in [0.15, 0.2) is 17.2 Å². The molecule has 4 nitrogen and oxygen atoms in total. The first-order chi connectivity index (χ1) is 5.65. The van der Waals surface area contributed by atoms with E-state index >= 15 is 0 Å². The number of rotatable bonds is 3. The Morgan fingerprint density at radius 1 is 1.58 bits per heavy atom. The van der Waals surface area contributed by atoms with E-state index in [9.17, 15) is 0 Å². The molecule has 0 spiro atoms. The molecule has 0 bridgehead atoms. The molecular formula is C8H13N3O. The van der Waals surface area contributed by atoms with Crippen molar-refractivity contribution in [1.29, 1.82) is 0 Å².